The van der Waals surface area contributed by atoms with Gasteiger partial charge in [0.2, 0.25) is 11.7 Å². The van der Waals surface area contributed by atoms with Crippen molar-refractivity contribution in [3.63, 3.8) is 0 Å². The van der Waals surface area contributed by atoms with E-state index in [9.17, 15) is 18.0 Å². The summed E-state index contributed by atoms with van der Waals surface area (Å²) in [4.78, 5) is 14.5. The number of alkyl halides is 3. The maximum absolute atomic E-state index is 12.4. The van der Waals surface area contributed by atoms with E-state index in [1.807, 2.05) is 0 Å². The molecule has 0 atom stereocenters. The summed E-state index contributed by atoms with van der Waals surface area (Å²) in [7, 11) is 0. The van der Waals surface area contributed by atoms with Crippen LogP contribution in [-0.4, -0.2) is 16.0 Å². The van der Waals surface area contributed by atoms with Crippen LogP contribution in [0.25, 0.3) is 11.4 Å². The average molecular weight is 285 g/mol. The minimum Gasteiger partial charge on any atom is -0.329 e. The molecule has 0 aliphatic heterocycles. The molecule has 0 aliphatic rings. The summed E-state index contributed by atoms with van der Waals surface area (Å²) in [6.07, 6.45) is -4.38. The number of benzene rings is 1. The van der Waals surface area contributed by atoms with E-state index in [4.69, 9.17) is 0 Å². The molecule has 0 radical (unpaired) electrons. The molecule has 0 aliphatic carbocycles. The lowest BCUT2D eigenvalue weighted by atomic mass is 10.2. The van der Waals surface area contributed by atoms with Gasteiger partial charge in [0, 0.05) is 17.7 Å². The van der Waals surface area contributed by atoms with Gasteiger partial charge in [0.1, 0.15) is 0 Å². The van der Waals surface area contributed by atoms with Crippen molar-refractivity contribution in [1.29, 1.82) is 0 Å². The van der Waals surface area contributed by atoms with Gasteiger partial charge in [-0.1, -0.05) is 24.2 Å². The summed E-state index contributed by atoms with van der Waals surface area (Å²) >= 11 is 0. The molecule has 20 heavy (non-hydrogen) atoms. The highest BCUT2D eigenvalue weighted by molar-refractivity contribution is 5.91. The lowest BCUT2D eigenvalue weighted by Gasteiger charge is -2.04. The lowest BCUT2D eigenvalue weighted by Crippen LogP contribution is -2.09. The maximum atomic E-state index is 12.4. The van der Waals surface area contributed by atoms with Crippen LogP contribution in [0, 0.1) is 0 Å². The Morgan fingerprint density at radius 3 is 2.75 bits per heavy atom. The van der Waals surface area contributed by atoms with Crippen LogP contribution < -0.4 is 5.32 Å². The molecular weight excluding hydrogens is 275 g/mol. The van der Waals surface area contributed by atoms with Gasteiger partial charge in [-0.05, 0) is 12.1 Å². The number of carbonyl (C=O) groups excluding carboxylic acids is 1. The van der Waals surface area contributed by atoms with Crippen molar-refractivity contribution in [3.05, 3.63) is 30.2 Å². The van der Waals surface area contributed by atoms with Gasteiger partial charge in [-0.2, -0.15) is 18.2 Å². The number of rotatable bonds is 3. The number of amides is 1. The first kappa shape index (κ1) is 14.0. The number of nitrogens with zero attached hydrogens (tertiary/aromatic N) is 2. The molecule has 0 spiro atoms. The fourth-order valence-electron chi connectivity index (χ4n) is 1.44. The van der Waals surface area contributed by atoms with Crippen LogP contribution in [0.3, 0.4) is 0 Å². The van der Waals surface area contributed by atoms with Crippen LogP contribution >= 0.6 is 0 Å². The van der Waals surface area contributed by atoms with Crippen LogP contribution in [0.2, 0.25) is 0 Å². The molecule has 8 heteroatoms. The SMILES string of the molecule is CCC(=O)Nc1cccc(-c2noc(C(F)(F)F)n2)c1. The van der Waals surface area contributed by atoms with Gasteiger partial charge < -0.3 is 9.84 Å². The van der Waals surface area contributed by atoms with Crippen molar-refractivity contribution < 1.29 is 22.5 Å². The molecule has 106 valence electrons. The molecule has 5 nitrogen and oxygen atoms in total. The van der Waals surface area contributed by atoms with Gasteiger partial charge in [0.05, 0.1) is 0 Å². The molecule has 0 fully saturated rings. The second kappa shape index (κ2) is 5.32. The van der Waals surface area contributed by atoms with Crippen molar-refractivity contribution in [2.75, 3.05) is 5.32 Å². The molecule has 1 aromatic heterocycles. The predicted molar refractivity (Wildman–Crippen MR) is 63.7 cm³/mol. The number of carbonyl (C=O) groups is 1. The zero-order chi connectivity index (χ0) is 14.8. The zero-order valence-electron chi connectivity index (χ0n) is 10.4. The fraction of sp³-hybridized carbons (Fsp3) is 0.250. The van der Waals surface area contributed by atoms with Crippen molar-refractivity contribution in [3.8, 4) is 11.4 Å². The van der Waals surface area contributed by atoms with E-state index in [1.165, 1.54) is 12.1 Å². The summed E-state index contributed by atoms with van der Waals surface area (Å²) in [5.41, 5.74) is 0.769. The third-order valence-corrected chi connectivity index (χ3v) is 2.39. The Morgan fingerprint density at radius 2 is 2.15 bits per heavy atom. The molecule has 2 rings (SSSR count). The predicted octanol–water partition coefficient (Wildman–Crippen LogP) is 3.10. The van der Waals surface area contributed by atoms with Gasteiger partial charge in [0.15, 0.2) is 0 Å². The molecule has 1 heterocycles. The Morgan fingerprint density at radius 1 is 1.40 bits per heavy atom. The highest BCUT2D eigenvalue weighted by Gasteiger charge is 2.38. The maximum Gasteiger partial charge on any atom is 0.471 e. The van der Waals surface area contributed by atoms with Crippen LogP contribution in [0.5, 0.6) is 0 Å². The summed E-state index contributed by atoms with van der Waals surface area (Å²) in [5.74, 6) is -1.80. The molecule has 1 aromatic carbocycles. The summed E-state index contributed by atoms with van der Waals surface area (Å²) in [5, 5.41) is 5.87. The van der Waals surface area contributed by atoms with E-state index in [-0.39, 0.29) is 11.7 Å². The van der Waals surface area contributed by atoms with Crippen molar-refractivity contribution >= 4 is 11.6 Å². The quantitative estimate of drug-likeness (QED) is 0.940. The van der Waals surface area contributed by atoms with Gasteiger partial charge in [-0.25, -0.2) is 0 Å². The Labute approximate surface area is 111 Å². The van der Waals surface area contributed by atoms with Gasteiger partial charge >= 0.3 is 12.1 Å². The van der Waals surface area contributed by atoms with Crippen LogP contribution in [-0.2, 0) is 11.0 Å². The first-order valence-corrected chi connectivity index (χ1v) is 5.71. The number of aromatic nitrogens is 2. The van der Waals surface area contributed by atoms with E-state index in [0.29, 0.717) is 17.7 Å². The topological polar surface area (TPSA) is 68.0 Å². The highest BCUT2D eigenvalue weighted by Crippen LogP contribution is 2.29. The number of halogens is 3. The molecule has 1 N–H and O–H groups in total. The molecule has 2 aromatic rings. The summed E-state index contributed by atoms with van der Waals surface area (Å²) in [6.45, 7) is 1.69. The largest absolute Gasteiger partial charge is 0.471 e. The Balaban J connectivity index is 2.27. The Hall–Kier alpha value is -2.38. The van der Waals surface area contributed by atoms with Gasteiger partial charge in [-0.15, -0.1) is 0 Å². The number of hydrogen-bond donors (Lipinski definition) is 1. The van der Waals surface area contributed by atoms with Crippen LogP contribution in [0.15, 0.2) is 28.8 Å². The van der Waals surface area contributed by atoms with Crippen molar-refractivity contribution in [2.24, 2.45) is 0 Å². The van der Waals surface area contributed by atoms with Crippen LogP contribution in [0.4, 0.5) is 18.9 Å². The monoisotopic (exact) mass is 285 g/mol. The highest BCUT2D eigenvalue weighted by atomic mass is 19.4. The summed E-state index contributed by atoms with van der Waals surface area (Å²) in [6, 6.07) is 6.18. The minimum absolute atomic E-state index is 0.190. The summed E-state index contributed by atoms with van der Waals surface area (Å²) < 4.78 is 41.2. The lowest BCUT2D eigenvalue weighted by molar-refractivity contribution is -0.159. The van der Waals surface area contributed by atoms with Gasteiger partial charge in [-0.3, -0.25) is 4.79 Å². The Bertz CT molecular complexity index is 622. The Kier molecular flexibility index (Phi) is 3.73. The minimum atomic E-state index is -4.68. The number of anilines is 1. The third-order valence-electron chi connectivity index (χ3n) is 2.39. The third kappa shape index (κ3) is 3.14. The molecule has 0 saturated carbocycles. The average Bonchev–Trinajstić information content (AvgIpc) is 2.88. The first-order valence-electron chi connectivity index (χ1n) is 5.71. The smallest absolute Gasteiger partial charge is 0.329 e. The van der Waals surface area contributed by atoms with E-state index < -0.39 is 12.1 Å². The van der Waals surface area contributed by atoms with E-state index in [2.05, 4.69) is 20.0 Å². The van der Waals surface area contributed by atoms with Crippen molar-refractivity contribution in [2.45, 2.75) is 19.5 Å². The standard InChI is InChI=1S/C12H10F3N3O2/c1-2-9(19)16-8-5-3-4-7(6-8)10-17-11(20-18-10)12(13,14)15/h3-6H,2H2,1H3,(H,16,19). The fourth-order valence-corrected chi connectivity index (χ4v) is 1.44. The van der Waals surface area contributed by atoms with Crippen LogP contribution in [0.1, 0.15) is 19.2 Å². The van der Waals surface area contributed by atoms with Gasteiger partial charge in [0.25, 0.3) is 0 Å². The van der Waals surface area contributed by atoms with Crippen molar-refractivity contribution in [1.82, 2.24) is 10.1 Å². The van der Waals surface area contributed by atoms with E-state index in [1.54, 1.807) is 19.1 Å². The molecular formula is C12H10F3N3O2. The molecule has 0 unspecified atom stereocenters. The molecule has 0 saturated heterocycles. The first-order chi connectivity index (χ1) is 9.40. The number of nitrogens with one attached hydrogen (secondary N) is 1. The zero-order valence-corrected chi connectivity index (χ0v) is 10.4. The van der Waals surface area contributed by atoms with E-state index in [0.717, 1.165) is 0 Å². The normalized spacial score (nSPS) is 11.4. The molecule has 0 bridgehead atoms. The second-order valence-corrected chi connectivity index (χ2v) is 3.90. The second-order valence-electron chi connectivity index (χ2n) is 3.90. The number of hydrogen-bond acceptors (Lipinski definition) is 4. The molecule has 1 amide bonds. The van der Waals surface area contributed by atoms with E-state index >= 15 is 0 Å².